The van der Waals surface area contributed by atoms with E-state index in [1.54, 1.807) is 0 Å². The number of halogens is 13. The molecule has 0 unspecified atom stereocenters. The van der Waals surface area contributed by atoms with E-state index in [0.717, 1.165) is 0 Å². The van der Waals surface area contributed by atoms with Gasteiger partial charge in [-0.05, 0) is 0 Å². The number of alkyl halides is 11. The fourth-order valence-electron chi connectivity index (χ4n) is 0.691. The predicted molar refractivity (Wildman–Crippen MR) is 93.0 cm³/mol. The van der Waals surface area contributed by atoms with Gasteiger partial charge < -0.3 is 0 Å². The molecule has 0 saturated carbocycles. The van der Waals surface area contributed by atoms with Crippen molar-refractivity contribution in [2.75, 3.05) is 0 Å². The largest absolute Gasteiger partial charge is 0.226 e. The van der Waals surface area contributed by atoms with Crippen LogP contribution in [0.1, 0.15) is 0 Å². The first-order chi connectivity index (χ1) is 7.94. The van der Waals surface area contributed by atoms with Crippen molar-refractivity contribution in [3.63, 3.8) is 0 Å². The van der Waals surface area contributed by atoms with Crippen LogP contribution in [0, 0.1) is 4.84 Å². The summed E-state index contributed by atoms with van der Waals surface area (Å²) in [6.45, 7) is 0. The van der Waals surface area contributed by atoms with Crippen molar-refractivity contribution in [3.05, 3.63) is 4.84 Å². The topological polar surface area (TPSA) is 0 Å². The van der Waals surface area contributed by atoms with Gasteiger partial charge in [0.2, 0.25) is 8.13 Å². The maximum Gasteiger partial charge on any atom is 0.226 e. The van der Waals surface area contributed by atoms with Crippen LogP contribution >= 0.6 is 151 Å². The van der Waals surface area contributed by atoms with Crippen LogP contribution < -0.4 is 0 Å². The van der Waals surface area contributed by atoms with Crippen LogP contribution in [0.4, 0.5) is 0 Å². The highest BCUT2D eigenvalue weighted by molar-refractivity contribution is 6.82. The molecule has 0 aromatic rings. The Hall–Kier alpha value is 3.77. The minimum Gasteiger partial charge on any atom is -0.0946 e. The number of hydrogen-bond acceptors (Lipinski definition) is 0. The van der Waals surface area contributed by atoms with Gasteiger partial charge in [-0.25, -0.2) is 0 Å². The lowest BCUT2D eigenvalue weighted by atomic mass is 10.1. The lowest BCUT2D eigenvalue weighted by Gasteiger charge is -2.48. The van der Waals surface area contributed by atoms with E-state index in [4.69, 9.17) is 151 Å². The van der Waals surface area contributed by atoms with Gasteiger partial charge >= 0.3 is 0 Å². The van der Waals surface area contributed by atoms with Crippen molar-refractivity contribution < 1.29 is 0 Å². The van der Waals surface area contributed by atoms with Crippen molar-refractivity contribution in [1.29, 1.82) is 0 Å². The van der Waals surface area contributed by atoms with E-state index in [2.05, 4.69) is 0 Å². The lowest BCUT2D eigenvalue weighted by molar-refractivity contribution is 0.559. The van der Waals surface area contributed by atoms with Gasteiger partial charge in [0, 0.05) is 0 Å². The summed E-state index contributed by atoms with van der Waals surface area (Å²) in [6.07, 6.45) is 0. The molecule has 0 saturated heterocycles. The molecular weight excluding hydrogens is 533 g/mol. The zero-order chi connectivity index (χ0) is 16.1. The van der Waals surface area contributed by atoms with Crippen LogP contribution in [0.15, 0.2) is 0 Å². The third-order valence-corrected chi connectivity index (χ3v) is 9.67. The van der Waals surface area contributed by atoms with E-state index in [0.29, 0.717) is 0 Å². The molecule has 0 rings (SSSR count). The molecule has 0 fully saturated rings. The maximum absolute atomic E-state index is 5.92. The molecule has 0 aliphatic heterocycles. The first-order valence-electron chi connectivity index (χ1n) is 3.71. The molecule has 0 bridgehead atoms. The Kier molecular flexibility index (Phi) is 8.32. The summed E-state index contributed by atoms with van der Waals surface area (Å²) in [5.74, 6) is 0. The Morgan fingerprint density at radius 1 is 0.474 bits per heavy atom. The fourth-order valence-corrected chi connectivity index (χ4v) is 3.88. The number of hydrogen-bond donors (Lipinski definition) is 0. The lowest BCUT2D eigenvalue weighted by Crippen LogP contribution is -2.62. The summed E-state index contributed by atoms with van der Waals surface area (Å²) >= 11 is 74.5. The average Bonchev–Trinajstić information content (AvgIpc) is 2.14. The summed E-state index contributed by atoms with van der Waals surface area (Å²) in [7, 11) is 0. The second-order valence-electron chi connectivity index (χ2n) is 3.06. The highest BCUT2D eigenvalue weighted by Crippen LogP contribution is 2.68. The van der Waals surface area contributed by atoms with Crippen molar-refractivity contribution in [1.82, 2.24) is 0 Å². The van der Waals surface area contributed by atoms with Crippen molar-refractivity contribution in [2.24, 2.45) is 0 Å². The molecule has 0 atom stereocenters. The summed E-state index contributed by atoms with van der Waals surface area (Å²) in [5, 5.41) is 0. The smallest absolute Gasteiger partial charge is 0.0946 e. The SMILES string of the molecule is Cl[C](Cl)C(Cl)(Cl)C(Cl)(Cl)C(Cl)(Cl)C(Cl)(Cl)C(Cl)(Cl)Cl. The second-order valence-corrected chi connectivity index (χ2v) is 11.6. The zero-order valence-corrected chi connectivity index (χ0v) is 17.7. The molecule has 0 nitrogen and oxygen atoms in total. The molecule has 1 radical (unpaired) electrons. The molecule has 0 N–H and O–H groups in total. The van der Waals surface area contributed by atoms with Crippen molar-refractivity contribution >= 4 is 151 Å². The molecule has 0 aliphatic carbocycles. The molecule has 0 amide bonds. The van der Waals surface area contributed by atoms with Crippen LogP contribution in [0.3, 0.4) is 0 Å². The van der Waals surface area contributed by atoms with E-state index in [1.807, 2.05) is 0 Å². The Balaban J connectivity index is 5.92. The maximum atomic E-state index is 5.92. The monoisotopic (exact) mass is 527 g/mol. The second kappa shape index (κ2) is 6.95. The quantitative estimate of drug-likeness (QED) is 0.322. The summed E-state index contributed by atoms with van der Waals surface area (Å²) < 4.78 is -12.5. The van der Waals surface area contributed by atoms with Gasteiger partial charge in [-0.3, -0.25) is 0 Å². The third kappa shape index (κ3) is 4.06. The molecule has 0 heterocycles. The molecule has 115 valence electrons. The first kappa shape index (κ1) is 22.8. The fraction of sp³-hybridized carbons (Fsp3) is 0.833. The van der Waals surface area contributed by atoms with E-state index in [1.165, 1.54) is 0 Å². The molecule has 0 aromatic heterocycles. The zero-order valence-electron chi connectivity index (χ0n) is 7.91. The minimum absolute atomic E-state index is 0.681. The Morgan fingerprint density at radius 3 is 1.00 bits per heavy atom. The normalized spacial score (nSPS) is 16.1. The summed E-state index contributed by atoms with van der Waals surface area (Å²) in [5.41, 5.74) is 0. The Labute approximate surface area is 175 Å². The van der Waals surface area contributed by atoms with Crippen LogP contribution in [0.2, 0.25) is 0 Å². The summed E-state index contributed by atoms with van der Waals surface area (Å²) in [4.78, 5) is -0.681. The van der Waals surface area contributed by atoms with Crippen LogP contribution in [-0.2, 0) is 0 Å². The van der Waals surface area contributed by atoms with E-state index < -0.39 is 26.0 Å². The molecule has 19 heavy (non-hydrogen) atoms. The van der Waals surface area contributed by atoms with E-state index in [-0.39, 0.29) is 0 Å². The Morgan fingerprint density at radius 2 is 0.789 bits per heavy atom. The van der Waals surface area contributed by atoms with Crippen LogP contribution in [0.5, 0.6) is 0 Å². The highest BCUT2D eigenvalue weighted by Gasteiger charge is 2.74. The molecular formula is C6Cl13. The average molecular weight is 533 g/mol. The molecule has 13 heteroatoms. The standard InChI is InChI=1S/C6Cl13/c7-1(8)2(9,10)3(11,12)4(13,14)5(15,16)6(17,18)19. The van der Waals surface area contributed by atoms with Gasteiger partial charge in [0.15, 0.2) is 17.8 Å². The van der Waals surface area contributed by atoms with Crippen LogP contribution in [0.25, 0.3) is 0 Å². The predicted octanol–water partition coefficient (Wildman–Crippen LogP) is 8.02. The van der Waals surface area contributed by atoms with Crippen molar-refractivity contribution in [2.45, 2.75) is 21.1 Å². The first-order valence-corrected chi connectivity index (χ1v) is 8.62. The molecule has 0 aliphatic rings. The molecule has 0 spiro atoms. The van der Waals surface area contributed by atoms with Gasteiger partial charge in [0.1, 0.15) is 0 Å². The van der Waals surface area contributed by atoms with Gasteiger partial charge in [0.05, 0.1) is 0 Å². The highest BCUT2D eigenvalue weighted by atomic mass is 35.6. The Bertz CT molecular complexity index is 323. The van der Waals surface area contributed by atoms with Gasteiger partial charge in [-0.2, -0.15) is 0 Å². The minimum atomic E-state index is -2.60. The van der Waals surface area contributed by atoms with Gasteiger partial charge in [-0.1, -0.05) is 151 Å². The number of rotatable bonds is 4. The van der Waals surface area contributed by atoms with Gasteiger partial charge in [-0.15, -0.1) is 0 Å². The third-order valence-electron chi connectivity index (χ3n) is 1.78. The summed E-state index contributed by atoms with van der Waals surface area (Å²) in [6, 6.07) is 0. The van der Waals surface area contributed by atoms with Crippen molar-refractivity contribution in [3.8, 4) is 0 Å². The molecule has 0 aromatic carbocycles. The van der Waals surface area contributed by atoms with E-state index >= 15 is 0 Å². The van der Waals surface area contributed by atoms with E-state index in [9.17, 15) is 0 Å². The van der Waals surface area contributed by atoms with Gasteiger partial charge in [0.25, 0.3) is 0 Å². The van der Waals surface area contributed by atoms with Crippen LogP contribution in [-0.4, -0.2) is 21.1 Å².